The molecule has 6 rings (SSSR count). The van der Waals surface area contributed by atoms with Crippen molar-refractivity contribution in [1.82, 2.24) is 14.5 Å². The van der Waals surface area contributed by atoms with Gasteiger partial charge in [-0.05, 0) is 43.5 Å². The summed E-state index contributed by atoms with van der Waals surface area (Å²) < 4.78 is 19.2. The average Bonchev–Trinajstić information content (AvgIpc) is 3.34. The van der Waals surface area contributed by atoms with Gasteiger partial charge in [0.25, 0.3) is 5.56 Å². The first-order valence-electron chi connectivity index (χ1n) is 12.8. The molecular formula is C28H29N5O4. The molecule has 2 aliphatic heterocycles. The third-order valence-corrected chi connectivity index (χ3v) is 7.46. The second kappa shape index (κ2) is 9.52. The summed E-state index contributed by atoms with van der Waals surface area (Å²) in [4.78, 5) is 28.2. The maximum atomic E-state index is 12.9. The number of hydrogen-bond acceptors (Lipinski definition) is 7. The van der Waals surface area contributed by atoms with Gasteiger partial charge >= 0.3 is 5.82 Å². The van der Waals surface area contributed by atoms with Crippen LogP contribution in [-0.4, -0.2) is 46.9 Å². The number of nitrogens with zero attached hydrogens (tertiary/aromatic N) is 5. The number of rotatable bonds is 4. The lowest BCUT2D eigenvalue weighted by Crippen LogP contribution is -2.34. The number of anilines is 1. The van der Waals surface area contributed by atoms with Crippen molar-refractivity contribution in [2.24, 2.45) is 7.05 Å². The molecule has 9 nitrogen and oxygen atoms in total. The van der Waals surface area contributed by atoms with Gasteiger partial charge in [0, 0.05) is 45.0 Å². The molecule has 1 aromatic carbocycles. The van der Waals surface area contributed by atoms with Gasteiger partial charge in [-0.25, -0.2) is 4.98 Å². The fraction of sp³-hybridized carbons (Fsp3) is 0.429. The molecule has 0 bridgehead atoms. The SMILES string of the molecule is [C-]#[N+]c1nc2c(N3CCC(c4nc5cc(C)ccc5o4)CC3)cc(=O)n(C)c2cc1OC1CCOCC1. The molecule has 2 fully saturated rings. The highest BCUT2D eigenvalue weighted by atomic mass is 16.5. The van der Waals surface area contributed by atoms with Crippen LogP contribution in [0.15, 0.2) is 39.5 Å². The van der Waals surface area contributed by atoms with Crippen molar-refractivity contribution in [2.45, 2.75) is 44.6 Å². The average molecular weight is 500 g/mol. The Bertz CT molecular complexity index is 1570. The van der Waals surface area contributed by atoms with Gasteiger partial charge in [0.2, 0.25) is 5.52 Å². The van der Waals surface area contributed by atoms with E-state index < -0.39 is 0 Å². The Morgan fingerprint density at radius 3 is 2.62 bits per heavy atom. The van der Waals surface area contributed by atoms with Crippen LogP contribution in [0.25, 0.3) is 27.0 Å². The molecule has 37 heavy (non-hydrogen) atoms. The summed E-state index contributed by atoms with van der Waals surface area (Å²) in [6.45, 7) is 12.5. The Morgan fingerprint density at radius 2 is 1.86 bits per heavy atom. The molecule has 3 aromatic heterocycles. The summed E-state index contributed by atoms with van der Waals surface area (Å²) in [7, 11) is 1.73. The molecule has 190 valence electrons. The van der Waals surface area contributed by atoms with E-state index in [1.807, 2.05) is 25.1 Å². The van der Waals surface area contributed by atoms with E-state index in [1.54, 1.807) is 23.7 Å². The van der Waals surface area contributed by atoms with E-state index in [2.05, 4.69) is 9.74 Å². The fourth-order valence-electron chi connectivity index (χ4n) is 5.30. The molecule has 0 saturated carbocycles. The monoisotopic (exact) mass is 499 g/mol. The first-order chi connectivity index (χ1) is 18.0. The standard InChI is InChI=1S/C28H29N5O4/c1-17-4-5-23-20(14-17)30-28(37-23)18-6-10-33(11-7-18)22-16-25(34)32(3)21-15-24(27(29-2)31-26(21)22)36-19-8-12-35-13-9-19/h4-5,14-16,18-19H,6-13H2,1,3H3. The number of ether oxygens (including phenoxy) is 2. The molecule has 5 heterocycles. The Kier molecular flexibility index (Phi) is 6.05. The van der Waals surface area contributed by atoms with Crippen molar-refractivity contribution >= 4 is 33.6 Å². The Labute approximate surface area is 214 Å². The van der Waals surface area contributed by atoms with Crippen LogP contribution in [0, 0.1) is 13.5 Å². The number of oxazole rings is 1. The molecule has 0 N–H and O–H groups in total. The number of hydrogen-bond donors (Lipinski definition) is 0. The van der Waals surface area contributed by atoms with Crippen LogP contribution in [0.5, 0.6) is 5.75 Å². The third-order valence-electron chi connectivity index (χ3n) is 7.46. The molecule has 0 aliphatic carbocycles. The minimum absolute atomic E-state index is 0.0245. The summed E-state index contributed by atoms with van der Waals surface area (Å²) >= 11 is 0. The Balaban J connectivity index is 1.29. The topological polar surface area (TPSA) is 87.0 Å². The van der Waals surface area contributed by atoms with Crippen LogP contribution in [-0.2, 0) is 11.8 Å². The van der Waals surface area contributed by atoms with Crippen molar-refractivity contribution in [2.75, 3.05) is 31.2 Å². The first kappa shape index (κ1) is 23.5. The van der Waals surface area contributed by atoms with Crippen molar-refractivity contribution in [3.8, 4) is 5.75 Å². The van der Waals surface area contributed by atoms with Crippen LogP contribution in [0.2, 0.25) is 0 Å². The van der Waals surface area contributed by atoms with Gasteiger partial charge in [0.05, 0.1) is 24.4 Å². The molecule has 4 aromatic rings. The van der Waals surface area contributed by atoms with Gasteiger partial charge in [-0.2, -0.15) is 0 Å². The number of aryl methyl sites for hydroxylation is 2. The van der Waals surface area contributed by atoms with E-state index in [1.165, 1.54) is 0 Å². The summed E-state index contributed by atoms with van der Waals surface area (Å²) in [6, 6.07) is 9.48. The number of fused-ring (bicyclic) bond motifs is 2. The van der Waals surface area contributed by atoms with Gasteiger partial charge in [-0.1, -0.05) is 12.6 Å². The number of pyridine rings is 2. The van der Waals surface area contributed by atoms with Crippen LogP contribution in [0.3, 0.4) is 0 Å². The van der Waals surface area contributed by atoms with Crippen LogP contribution in [0.4, 0.5) is 11.5 Å². The highest BCUT2D eigenvalue weighted by molar-refractivity contribution is 5.91. The predicted octanol–water partition coefficient (Wildman–Crippen LogP) is 4.88. The summed E-state index contributed by atoms with van der Waals surface area (Å²) in [5, 5.41) is 0. The molecule has 2 aliphatic rings. The van der Waals surface area contributed by atoms with Crippen molar-refractivity contribution in [1.29, 1.82) is 0 Å². The fourth-order valence-corrected chi connectivity index (χ4v) is 5.30. The first-order valence-corrected chi connectivity index (χ1v) is 12.8. The summed E-state index contributed by atoms with van der Waals surface area (Å²) in [5.41, 5.74) is 4.81. The van der Waals surface area contributed by atoms with Crippen molar-refractivity contribution in [3.05, 3.63) is 63.6 Å². The maximum Gasteiger partial charge on any atom is 0.312 e. The van der Waals surface area contributed by atoms with E-state index in [9.17, 15) is 4.79 Å². The van der Waals surface area contributed by atoms with E-state index >= 15 is 0 Å². The molecule has 9 heteroatoms. The smallest absolute Gasteiger partial charge is 0.312 e. The van der Waals surface area contributed by atoms with E-state index in [4.69, 9.17) is 30.4 Å². The molecular weight excluding hydrogens is 470 g/mol. The summed E-state index contributed by atoms with van der Waals surface area (Å²) in [5.74, 6) is 1.63. The van der Waals surface area contributed by atoms with Gasteiger partial charge < -0.3 is 28.2 Å². The van der Waals surface area contributed by atoms with E-state index in [-0.39, 0.29) is 23.4 Å². The molecule has 0 unspecified atom stereocenters. The molecule has 0 amide bonds. The third kappa shape index (κ3) is 4.42. The van der Waals surface area contributed by atoms with E-state index in [0.717, 1.165) is 67.0 Å². The van der Waals surface area contributed by atoms with Crippen LogP contribution in [0.1, 0.15) is 43.1 Å². The van der Waals surface area contributed by atoms with Gasteiger partial charge in [-0.3, -0.25) is 4.79 Å². The van der Waals surface area contributed by atoms with Gasteiger partial charge in [0.1, 0.15) is 17.4 Å². The number of benzene rings is 1. The Hall–Kier alpha value is -3.90. The minimum Gasteiger partial charge on any atom is -0.499 e. The normalized spacial score (nSPS) is 17.4. The number of aromatic nitrogens is 3. The Morgan fingerprint density at radius 1 is 1.08 bits per heavy atom. The zero-order valence-corrected chi connectivity index (χ0v) is 21.1. The molecule has 0 spiro atoms. The van der Waals surface area contributed by atoms with E-state index in [0.29, 0.717) is 30.0 Å². The lowest BCUT2D eigenvalue weighted by molar-refractivity contribution is 0.0258. The van der Waals surface area contributed by atoms with Gasteiger partial charge in [0.15, 0.2) is 11.5 Å². The zero-order chi connectivity index (χ0) is 25.5. The van der Waals surface area contributed by atoms with Crippen molar-refractivity contribution < 1.29 is 13.9 Å². The van der Waals surface area contributed by atoms with Crippen LogP contribution < -0.4 is 15.2 Å². The predicted molar refractivity (Wildman–Crippen MR) is 141 cm³/mol. The second-order valence-corrected chi connectivity index (χ2v) is 9.93. The largest absolute Gasteiger partial charge is 0.499 e. The maximum absolute atomic E-state index is 12.9. The summed E-state index contributed by atoms with van der Waals surface area (Å²) in [6.07, 6.45) is 3.21. The quantitative estimate of drug-likeness (QED) is 0.370. The van der Waals surface area contributed by atoms with Crippen LogP contribution >= 0.6 is 0 Å². The lowest BCUT2D eigenvalue weighted by atomic mass is 9.96. The lowest BCUT2D eigenvalue weighted by Gasteiger charge is -2.32. The van der Waals surface area contributed by atoms with Gasteiger partial charge in [-0.15, -0.1) is 4.98 Å². The molecule has 0 radical (unpaired) electrons. The highest BCUT2D eigenvalue weighted by Crippen LogP contribution is 2.37. The molecule has 2 saturated heterocycles. The minimum atomic E-state index is -0.117. The highest BCUT2D eigenvalue weighted by Gasteiger charge is 2.28. The zero-order valence-electron chi connectivity index (χ0n) is 21.1. The second-order valence-electron chi connectivity index (χ2n) is 9.93. The van der Waals surface area contributed by atoms with Crippen molar-refractivity contribution in [3.63, 3.8) is 0 Å². The molecule has 0 atom stereocenters. The number of piperidine rings is 1.